The number of hydrogen-bond acceptors (Lipinski definition) is 3. The number of hydrogen-bond donors (Lipinski definition) is 1. The molecule has 0 aliphatic carbocycles. The topological polar surface area (TPSA) is 45.4 Å². The van der Waals surface area contributed by atoms with Crippen LogP contribution in [0, 0.1) is 0 Å². The fraction of sp³-hybridized carbons (Fsp3) is 0. The highest BCUT2D eigenvalue weighted by Gasteiger charge is 2.11. The van der Waals surface area contributed by atoms with Crippen molar-refractivity contribution in [3.63, 3.8) is 0 Å². The summed E-state index contributed by atoms with van der Waals surface area (Å²) in [6.45, 7) is 0. The van der Waals surface area contributed by atoms with Gasteiger partial charge in [0.1, 0.15) is 0 Å². The van der Waals surface area contributed by atoms with Crippen molar-refractivity contribution >= 4 is 58.0 Å². The first-order valence-electron chi connectivity index (χ1n) is 8.24. The molecule has 0 unspecified atom stereocenters. The molecule has 0 saturated carbocycles. The molecule has 2 aromatic heterocycles. The summed E-state index contributed by atoms with van der Waals surface area (Å²) in [4.78, 5) is 8.51. The molecule has 4 rings (SSSR count). The normalized spacial score (nSPS) is 12.2. The van der Waals surface area contributed by atoms with Crippen LogP contribution in [0.2, 0.25) is 15.1 Å². The molecule has 0 atom stereocenters. The van der Waals surface area contributed by atoms with Crippen LogP contribution in [0.3, 0.4) is 0 Å². The number of nitrogens with zero attached hydrogens (tertiary/aromatic N) is 3. The molecule has 0 aliphatic heterocycles. The van der Waals surface area contributed by atoms with E-state index in [1.807, 2.05) is 41.9 Å². The van der Waals surface area contributed by atoms with Gasteiger partial charge in [-0.05, 0) is 54.6 Å². The molecule has 0 radical (unpaired) electrons. The predicted octanol–water partition coefficient (Wildman–Crippen LogP) is 6.62. The molecule has 0 spiro atoms. The van der Waals surface area contributed by atoms with E-state index in [9.17, 15) is 0 Å². The Morgan fingerprint density at radius 1 is 0.964 bits per heavy atom. The van der Waals surface area contributed by atoms with Gasteiger partial charge < -0.3 is 4.98 Å². The number of halogens is 3. The molecule has 0 saturated heterocycles. The maximum Gasteiger partial charge on any atom is 0.211 e. The van der Waals surface area contributed by atoms with Gasteiger partial charge in [0, 0.05) is 27.2 Å². The number of benzene rings is 2. The summed E-state index contributed by atoms with van der Waals surface area (Å²) in [5, 5.41) is 8.38. The Hall–Kier alpha value is -2.31. The molecule has 4 aromatic rings. The summed E-state index contributed by atoms with van der Waals surface area (Å²) < 4.78 is 1.76. The summed E-state index contributed by atoms with van der Waals surface area (Å²) in [6.07, 6.45) is 3.58. The van der Waals surface area contributed by atoms with Crippen LogP contribution in [-0.4, -0.2) is 15.9 Å². The fourth-order valence-electron chi connectivity index (χ4n) is 2.54. The Bertz CT molecular complexity index is 1190. The molecule has 2 heterocycles. The lowest BCUT2D eigenvalue weighted by Gasteiger charge is -2.06. The van der Waals surface area contributed by atoms with Crippen LogP contribution in [0.1, 0.15) is 5.69 Å². The third kappa shape index (κ3) is 4.23. The van der Waals surface area contributed by atoms with Crippen molar-refractivity contribution in [2.75, 3.05) is 0 Å². The second-order valence-electron chi connectivity index (χ2n) is 5.80. The van der Waals surface area contributed by atoms with E-state index in [4.69, 9.17) is 39.8 Å². The standard InChI is InChI=1S/C20H13Cl3N4S/c21-13-3-6-15(7-4-13)26-20-27(25-11-16-2-1-9-24-16)19(12-28-20)17-8-5-14(22)10-18(17)23/h1-12,24H. The molecular formula is C20H13Cl3N4S. The lowest BCUT2D eigenvalue weighted by molar-refractivity contribution is 0.854. The molecule has 28 heavy (non-hydrogen) atoms. The first-order chi connectivity index (χ1) is 13.6. The van der Waals surface area contributed by atoms with Crippen LogP contribution in [0.15, 0.2) is 76.3 Å². The van der Waals surface area contributed by atoms with Gasteiger partial charge in [0.05, 0.1) is 28.3 Å². The number of aromatic amines is 1. The minimum absolute atomic E-state index is 0.548. The Labute approximate surface area is 180 Å². The molecule has 0 amide bonds. The zero-order valence-corrected chi connectivity index (χ0v) is 17.4. The van der Waals surface area contributed by atoms with E-state index in [2.05, 4.69) is 10.1 Å². The summed E-state index contributed by atoms with van der Waals surface area (Å²) >= 11 is 19.9. The Morgan fingerprint density at radius 3 is 2.46 bits per heavy atom. The van der Waals surface area contributed by atoms with Crippen molar-refractivity contribution in [3.05, 3.63) is 91.7 Å². The molecule has 0 bridgehead atoms. The van der Waals surface area contributed by atoms with Gasteiger partial charge in [-0.25, -0.2) is 9.67 Å². The summed E-state index contributed by atoms with van der Waals surface area (Å²) in [5.41, 5.74) is 3.30. The highest BCUT2D eigenvalue weighted by molar-refractivity contribution is 7.07. The number of aromatic nitrogens is 2. The second kappa shape index (κ2) is 8.37. The first-order valence-corrected chi connectivity index (χ1v) is 10.3. The van der Waals surface area contributed by atoms with Gasteiger partial charge in [-0.3, -0.25) is 0 Å². The van der Waals surface area contributed by atoms with Gasteiger partial charge in [-0.2, -0.15) is 5.10 Å². The third-order valence-electron chi connectivity index (χ3n) is 3.88. The van der Waals surface area contributed by atoms with Gasteiger partial charge in [-0.1, -0.05) is 34.8 Å². The highest BCUT2D eigenvalue weighted by atomic mass is 35.5. The second-order valence-corrected chi connectivity index (χ2v) is 7.91. The van der Waals surface area contributed by atoms with Crippen LogP contribution in [-0.2, 0) is 0 Å². The third-order valence-corrected chi connectivity index (χ3v) is 5.49. The molecule has 1 N–H and O–H groups in total. The minimum Gasteiger partial charge on any atom is -0.360 e. The van der Waals surface area contributed by atoms with Gasteiger partial charge in [0.25, 0.3) is 0 Å². The lowest BCUT2D eigenvalue weighted by Crippen LogP contribution is -2.11. The van der Waals surface area contributed by atoms with Crippen LogP contribution in [0.5, 0.6) is 0 Å². The van der Waals surface area contributed by atoms with Crippen molar-refractivity contribution in [3.8, 4) is 11.3 Å². The average Bonchev–Trinajstić information content (AvgIpc) is 3.32. The van der Waals surface area contributed by atoms with E-state index in [1.165, 1.54) is 11.3 Å². The quantitative estimate of drug-likeness (QED) is 0.342. The molecular weight excluding hydrogens is 435 g/mol. The Kier molecular flexibility index (Phi) is 5.69. The van der Waals surface area contributed by atoms with E-state index in [1.54, 1.807) is 35.2 Å². The number of nitrogens with one attached hydrogen (secondary N) is 1. The molecule has 8 heteroatoms. The number of H-pyrrole nitrogens is 1. The zero-order chi connectivity index (χ0) is 19.5. The van der Waals surface area contributed by atoms with Crippen LogP contribution in [0.25, 0.3) is 11.3 Å². The van der Waals surface area contributed by atoms with Crippen molar-refractivity contribution in [1.29, 1.82) is 0 Å². The molecule has 4 nitrogen and oxygen atoms in total. The van der Waals surface area contributed by atoms with E-state index in [-0.39, 0.29) is 0 Å². The summed E-state index contributed by atoms with van der Waals surface area (Å²) in [6, 6.07) is 16.6. The van der Waals surface area contributed by atoms with Crippen molar-refractivity contribution in [2.24, 2.45) is 10.1 Å². The first kappa shape index (κ1) is 19.0. The van der Waals surface area contributed by atoms with Gasteiger partial charge >= 0.3 is 0 Å². The highest BCUT2D eigenvalue weighted by Crippen LogP contribution is 2.31. The fourth-order valence-corrected chi connectivity index (χ4v) is 4.02. The molecule has 2 aromatic carbocycles. The summed E-state index contributed by atoms with van der Waals surface area (Å²) in [7, 11) is 0. The molecule has 140 valence electrons. The molecule has 0 fully saturated rings. The average molecular weight is 448 g/mol. The van der Waals surface area contributed by atoms with E-state index < -0.39 is 0 Å². The van der Waals surface area contributed by atoms with Crippen LogP contribution < -0.4 is 4.80 Å². The van der Waals surface area contributed by atoms with Crippen LogP contribution >= 0.6 is 46.1 Å². The van der Waals surface area contributed by atoms with E-state index in [0.717, 1.165) is 22.6 Å². The molecule has 0 aliphatic rings. The van der Waals surface area contributed by atoms with Crippen molar-refractivity contribution in [1.82, 2.24) is 9.66 Å². The van der Waals surface area contributed by atoms with Gasteiger partial charge in [0.2, 0.25) is 4.80 Å². The van der Waals surface area contributed by atoms with Crippen LogP contribution in [0.4, 0.5) is 5.69 Å². The van der Waals surface area contributed by atoms with Gasteiger partial charge in [-0.15, -0.1) is 11.3 Å². The van der Waals surface area contributed by atoms with Gasteiger partial charge in [0.15, 0.2) is 0 Å². The SMILES string of the molecule is Clc1ccc(N=c2scc(-c3ccc(Cl)cc3Cl)n2N=Cc2ccc[nH]2)cc1. The Morgan fingerprint density at radius 2 is 1.75 bits per heavy atom. The van der Waals surface area contributed by atoms with E-state index >= 15 is 0 Å². The maximum atomic E-state index is 6.43. The van der Waals surface area contributed by atoms with Crippen molar-refractivity contribution < 1.29 is 0 Å². The zero-order valence-electron chi connectivity index (χ0n) is 14.3. The van der Waals surface area contributed by atoms with Crippen molar-refractivity contribution in [2.45, 2.75) is 0 Å². The van der Waals surface area contributed by atoms with E-state index in [0.29, 0.717) is 19.9 Å². The minimum atomic E-state index is 0.548. The maximum absolute atomic E-state index is 6.43. The lowest BCUT2D eigenvalue weighted by atomic mass is 10.2. The number of rotatable bonds is 4. The monoisotopic (exact) mass is 446 g/mol. The predicted molar refractivity (Wildman–Crippen MR) is 118 cm³/mol. The smallest absolute Gasteiger partial charge is 0.211 e. The largest absolute Gasteiger partial charge is 0.360 e. The number of thiazole rings is 1. The Balaban J connectivity index is 1.87. The summed E-state index contributed by atoms with van der Waals surface area (Å²) in [5.74, 6) is 0.